The Labute approximate surface area is 162 Å². The highest BCUT2D eigenvalue weighted by atomic mass is 16.5. The van der Waals surface area contributed by atoms with Crippen LogP contribution in [0.25, 0.3) is 11.2 Å². The van der Waals surface area contributed by atoms with Crippen molar-refractivity contribution in [1.29, 1.82) is 0 Å². The molecular formula is C19H28N4O5. The maximum atomic E-state index is 13.0. The van der Waals surface area contributed by atoms with Gasteiger partial charge in [0.25, 0.3) is 5.56 Å². The average Bonchev–Trinajstić information content (AvgIpc) is 3.26. The summed E-state index contributed by atoms with van der Waals surface area (Å²) in [5, 5.41) is 0. The number of rotatable bonds is 6. The fraction of sp³-hybridized carbons (Fsp3) is 0.684. The lowest BCUT2D eigenvalue weighted by molar-refractivity contribution is -0.156. The lowest BCUT2D eigenvalue weighted by Gasteiger charge is -2.19. The maximum absolute atomic E-state index is 13.0. The molecule has 0 aromatic carbocycles. The summed E-state index contributed by atoms with van der Waals surface area (Å²) in [6, 6.07) is 0. The zero-order valence-electron chi connectivity index (χ0n) is 16.9. The Morgan fingerprint density at radius 3 is 2.50 bits per heavy atom. The van der Waals surface area contributed by atoms with E-state index in [1.54, 1.807) is 25.3 Å². The van der Waals surface area contributed by atoms with Crippen LogP contribution < -0.4 is 11.2 Å². The van der Waals surface area contributed by atoms with E-state index in [1.807, 2.05) is 0 Å². The van der Waals surface area contributed by atoms with Crippen molar-refractivity contribution >= 4 is 17.1 Å². The molecule has 28 heavy (non-hydrogen) atoms. The SMILES string of the molecule is COCCn1c(=O)[nH]c2nc(C3CCCC3)n(COC(=O)C(C)(C)C)c2c1=O. The topological polar surface area (TPSA) is 108 Å². The van der Waals surface area contributed by atoms with Gasteiger partial charge in [-0.2, -0.15) is 0 Å². The summed E-state index contributed by atoms with van der Waals surface area (Å²) >= 11 is 0. The van der Waals surface area contributed by atoms with Crippen LogP contribution in [-0.2, 0) is 27.5 Å². The summed E-state index contributed by atoms with van der Waals surface area (Å²) in [6.07, 6.45) is 4.09. The standard InChI is InChI=1S/C19H28N4O5/c1-19(2,3)17(25)28-11-23-13-14(20-15(23)12-7-5-6-8-12)21-18(26)22(16(13)24)9-10-27-4/h12H,5-11H2,1-4H3,(H,21,26). The van der Waals surface area contributed by atoms with Gasteiger partial charge in [-0.1, -0.05) is 12.8 Å². The third-order valence-electron chi connectivity index (χ3n) is 5.09. The highest BCUT2D eigenvalue weighted by Gasteiger charge is 2.28. The first-order valence-electron chi connectivity index (χ1n) is 9.63. The summed E-state index contributed by atoms with van der Waals surface area (Å²) in [5.41, 5.74) is -1.16. The largest absolute Gasteiger partial charge is 0.443 e. The number of ether oxygens (including phenoxy) is 2. The number of carbonyl (C=O) groups is 1. The van der Waals surface area contributed by atoms with Crippen LogP contribution in [0.15, 0.2) is 9.59 Å². The van der Waals surface area contributed by atoms with Crippen LogP contribution in [0.4, 0.5) is 0 Å². The van der Waals surface area contributed by atoms with Gasteiger partial charge in [-0.25, -0.2) is 9.78 Å². The van der Waals surface area contributed by atoms with Gasteiger partial charge in [0.05, 0.1) is 18.6 Å². The fourth-order valence-electron chi connectivity index (χ4n) is 3.51. The number of hydrogen-bond acceptors (Lipinski definition) is 6. The van der Waals surface area contributed by atoms with Gasteiger partial charge in [0.2, 0.25) is 0 Å². The van der Waals surface area contributed by atoms with E-state index in [2.05, 4.69) is 9.97 Å². The van der Waals surface area contributed by atoms with Crippen molar-refractivity contribution in [2.24, 2.45) is 5.41 Å². The number of aromatic nitrogens is 4. The van der Waals surface area contributed by atoms with Crippen LogP contribution in [0.3, 0.4) is 0 Å². The molecule has 0 radical (unpaired) electrons. The van der Waals surface area contributed by atoms with Crippen LogP contribution in [-0.4, -0.2) is 38.8 Å². The Morgan fingerprint density at radius 1 is 1.21 bits per heavy atom. The molecule has 0 unspecified atom stereocenters. The highest BCUT2D eigenvalue weighted by molar-refractivity contribution is 5.75. The molecule has 1 N–H and O–H groups in total. The second-order valence-electron chi connectivity index (χ2n) is 8.27. The Bertz CT molecular complexity index is 973. The van der Waals surface area contributed by atoms with E-state index < -0.39 is 16.7 Å². The smallest absolute Gasteiger partial charge is 0.330 e. The van der Waals surface area contributed by atoms with Gasteiger partial charge >= 0.3 is 11.7 Å². The van der Waals surface area contributed by atoms with E-state index >= 15 is 0 Å². The van der Waals surface area contributed by atoms with Gasteiger partial charge in [-0.15, -0.1) is 0 Å². The first kappa shape index (κ1) is 20.3. The van der Waals surface area contributed by atoms with Gasteiger partial charge in [0, 0.05) is 13.0 Å². The van der Waals surface area contributed by atoms with Gasteiger partial charge in [0.15, 0.2) is 17.9 Å². The Morgan fingerprint density at radius 2 is 1.89 bits per heavy atom. The molecule has 2 aromatic rings. The number of aromatic amines is 1. The van der Waals surface area contributed by atoms with Gasteiger partial charge in [-0.3, -0.25) is 23.7 Å². The van der Waals surface area contributed by atoms with E-state index in [9.17, 15) is 14.4 Å². The molecule has 1 fully saturated rings. The number of hydrogen-bond donors (Lipinski definition) is 1. The second-order valence-corrected chi connectivity index (χ2v) is 8.27. The minimum Gasteiger partial charge on any atom is -0.443 e. The molecule has 0 saturated heterocycles. The normalized spacial score (nSPS) is 15.4. The van der Waals surface area contributed by atoms with Crippen molar-refractivity contribution in [3.8, 4) is 0 Å². The third-order valence-corrected chi connectivity index (χ3v) is 5.09. The number of H-pyrrole nitrogens is 1. The molecule has 0 amide bonds. The van der Waals surface area contributed by atoms with Crippen molar-refractivity contribution in [3.63, 3.8) is 0 Å². The molecule has 154 valence electrons. The predicted octanol–water partition coefficient (Wildman–Crippen LogP) is 1.74. The van der Waals surface area contributed by atoms with E-state index in [-0.39, 0.29) is 42.9 Å². The highest BCUT2D eigenvalue weighted by Crippen LogP contribution is 2.34. The minimum absolute atomic E-state index is 0.107. The van der Waals surface area contributed by atoms with Crippen LogP contribution in [0.5, 0.6) is 0 Å². The zero-order valence-corrected chi connectivity index (χ0v) is 16.9. The van der Waals surface area contributed by atoms with Crippen LogP contribution >= 0.6 is 0 Å². The second kappa shape index (κ2) is 7.90. The summed E-state index contributed by atoms with van der Waals surface area (Å²) in [6.45, 7) is 5.57. The third kappa shape index (κ3) is 3.89. The molecule has 9 nitrogen and oxygen atoms in total. The Balaban J connectivity index is 2.10. The molecule has 0 atom stereocenters. The Hall–Kier alpha value is -2.42. The maximum Gasteiger partial charge on any atom is 0.330 e. The number of methoxy groups -OCH3 is 1. The molecular weight excluding hydrogens is 364 g/mol. The number of esters is 1. The first-order chi connectivity index (χ1) is 13.2. The predicted molar refractivity (Wildman–Crippen MR) is 103 cm³/mol. The Kier molecular flexibility index (Phi) is 5.74. The van der Waals surface area contributed by atoms with Gasteiger partial charge < -0.3 is 9.47 Å². The van der Waals surface area contributed by atoms with Crippen molar-refractivity contribution in [2.45, 2.75) is 65.6 Å². The molecule has 0 aliphatic heterocycles. The van der Waals surface area contributed by atoms with E-state index in [0.717, 1.165) is 30.3 Å². The molecule has 1 aliphatic rings. The number of fused-ring (bicyclic) bond motifs is 1. The molecule has 1 aliphatic carbocycles. The van der Waals surface area contributed by atoms with Crippen LogP contribution in [0.1, 0.15) is 58.2 Å². The average molecular weight is 392 g/mol. The number of nitrogens with zero attached hydrogens (tertiary/aromatic N) is 3. The molecule has 3 rings (SSSR count). The lowest BCUT2D eigenvalue weighted by atomic mass is 9.98. The van der Waals surface area contributed by atoms with E-state index in [4.69, 9.17) is 9.47 Å². The lowest BCUT2D eigenvalue weighted by Crippen LogP contribution is -2.37. The quantitative estimate of drug-likeness (QED) is 0.750. The van der Waals surface area contributed by atoms with Crippen molar-refractivity contribution in [3.05, 3.63) is 26.7 Å². The van der Waals surface area contributed by atoms with Crippen molar-refractivity contribution in [1.82, 2.24) is 19.1 Å². The van der Waals surface area contributed by atoms with Gasteiger partial charge in [0.1, 0.15) is 5.82 Å². The molecule has 1 saturated carbocycles. The zero-order chi connectivity index (χ0) is 20.5. The molecule has 2 aromatic heterocycles. The monoisotopic (exact) mass is 392 g/mol. The van der Waals surface area contributed by atoms with Crippen LogP contribution in [0, 0.1) is 5.41 Å². The molecule has 0 spiro atoms. The number of carbonyl (C=O) groups excluding carboxylic acids is 1. The van der Waals surface area contributed by atoms with Gasteiger partial charge in [-0.05, 0) is 33.6 Å². The number of imidazole rings is 1. The minimum atomic E-state index is -0.656. The first-order valence-corrected chi connectivity index (χ1v) is 9.63. The molecule has 0 bridgehead atoms. The van der Waals surface area contributed by atoms with Crippen LogP contribution in [0.2, 0.25) is 0 Å². The van der Waals surface area contributed by atoms with Crippen molar-refractivity contribution < 1.29 is 14.3 Å². The summed E-state index contributed by atoms with van der Waals surface area (Å²) in [5.74, 6) is 0.498. The van der Waals surface area contributed by atoms with E-state index in [0.29, 0.717) is 5.82 Å². The fourth-order valence-corrected chi connectivity index (χ4v) is 3.51. The summed E-state index contributed by atoms with van der Waals surface area (Å²) < 4.78 is 13.2. The number of nitrogens with one attached hydrogen (secondary N) is 1. The van der Waals surface area contributed by atoms with Crippen molar-refractivity contribution in [2.75, 3.05) is 13.7 Å². The summed E-state index contributed by atoms with van der Waals surface area (Å²) in [4.78, 5) is 44.8. The van der Waals surface area contributed by atoms with E-state index in [1.165, 1.54) is 7.11 Å². The molecule has 9 heteroatoms. The molecule has 2 heterocycles. The summed E-state index contributed by atoms with van der Waals surface area (Å²) in [7, 11) is 1.51.